The Morgan fingerprint density at radius 3 is 2.16 bits per heavy atom. The number of benzene rings is 2. The highest BCUT2D eigenvalue weighted by Gasteiger charge is 2.42. The number of urea groups is 1. The molecule has 1 atom stereocenters. The van der Waals surface area contributed by atoms with Gasteiger partial charge in [-0.1, -0.05) is 60.7 Å². The van der Waals surface area contributed by atoms with Gasteiger partial charge in [0.1, 0.15) is 5.71 Å². The van der Waals surface area contributed by atoms with Crippen molar-refractivity contribution in [1.82, 2.24) is 5.32 Å². The first-order valence-corrected chi connectivity index (χ1v) is 5.95. The van der Waals surface area contributed by atoms with E-state index in [9.17, 15) is 9.90 Å². The summed E-state index contributed by atoms with van der Waals surface area (Å²) in [5.41, 5.74) is 0.0552. The summed E-state index contributed by atoms with van der Waals surface area (Å²) < 4.78 is 0. The van der Waals surface area contributed by atoms with Crippen molar-refractivity contribution in [3.8, 4) is 0 Å². The number of aliphatic hydroxyl groups is 1. The van der Waals surface area contributed by atoms with Crippen molar-refractivity contribution < 1.29 is 9.90 Å². The number of carbonyl (C=O) groups is 1. The van der Waals surface area contributed by atoms with Crippen LogP contribution < -0.4 is 5.32 Å². The average molecular weight is 252 g/mol. The summed E-state index contributed by atoms with van der Waals surface area (Å²) in [6.07, 6.45) is 0. The third-order valence-corrected chi connectivity index (χ3v) is 3.08. The van der Waals surface area contributed by atoms with E-state index in [1.54, 1.807) is 24.3 Å². The highest BCUT2D eigenvalue weighted by atomic mass is 16.3. The van der Waals surface area contributed by atoms with Gasteiger partial charge < -0.3 is 5.11 Å². The maximum atomic E-state index is 11.6. The number of nitrogens with one attached hydrogen (secondary N) is 1. The largest absolute Gasteiger partial charge is 0.362 e. The SMILES string of the molecule is O=C1N=C(c2ccccc2)C(O)(c2ccccc2)N1. The number of rotatable bonds is 2. The second-order valence-electron chi connectivity index (χ2n) is 4.33. The Hall–Kier alpha value is -2.46. The van der Waals surface area contributed by atoms with Crippen molar-refractivity contribution in [2.45, 2.75) is 5.72 Å². The zero-order valence-electron chi connectivity index (χ0n) is 10.1. The molecular formula is C15H12N2O2. The van der Waals surface area contributed by atoms with Crippen LogP contribution >= 0.6 is 0 Å². The fourth-order valence-electron chi connectivity index (χ4n) is 2.18. The van der Waals surface area contributed by atoms with Gasteiger partial charge in [0.05, 0.1) is 0 Å². The maximum absolute atomic E-state index is 11.6. The monoisotopic (exact) mass is 252 g/mol. The summed E-state index contributed by atoms with van der Waals surface area (Å²) in [7, 11) is 0. The van der Waals surface area contributed by atoms with E-state index < -0.39 is 11.8 Å². The Bertz CT molecular complexity index is 638. The van der Waals surface area contributed by atoms with Gasteiger partial charge in [0.25, 0.3) is 0 Å². The van der Waals surface area contributed by atoms with E-state index in [1.165, 1.54) is 0 Å². The Labute approximate surface area is 110 Å². The molecule has 2 aromatic carbocycles. The summed E-state index contributed by atoms with van der Waals surface area (Å²) in [6.45, 7) is 0. The van der Waals surface area contributed by atoms with Crippen LogP contribution in [0.2, 0.25) is 0 Å². The molecule has 0 fully saturated rings. The van der Waals surface area contributed by atoms with Crippen LogP contribution in [0.5, 0.6) is 0 Å². The van der Waals surface area contributed by atoms with Crippen LogP contribution in [0.15, 0.2) is 65.7 Å². The van der Waals surface area contributed by atoms with Crippen LogP contribution in [0.4, 0.5) is 4.79 Å². The van der Waals surface area contributed by atoms with Crippen molar-refractivity contribution in [2.75, 3.05) is 0 Å². The average Bonchev–Trinajstić information content (AvgIpc) is 2.77. The Morgan fingerprint density at radius 1 is 0.947 bits per heavy atom. The van der Waals surface area contributed by atoms with Gasteiger partial charge in [-0.3, -0.25) is 5.32 Å². The Kier molecular flexibility index (Phi) is 2.65. The number of amides is 2. The quantitative estimate of drug-likeness (QED) is 0.859. The fourth-order valence-corrected chi connectivity index (χ4v) is 2.18. The van der Waals surface area contributed by atoms with Crippen molar-refractivity contribution in [3.05, 3.63) is 71.8 Å². The number of aliphatic imine (C=N–C) groups is 1. The van der Waals surface area contributed by atoms with Gasteiger partial charge in [0.15, 0.2) is 0 Å². The molecule has 0 saturated heterocycles. The van der Waals surface area contributed by atoms with Crippen LogP contribution in [0.1, 0.15) is 11.1 Å². The molecule has 4 heteroatoms. The molecular weight excluding hydrogens is 240 g/mol. The topological polar surface area (TPSA) is 61.7 Å². The molecule has 0 saturated carbocycles. The molecule has 1 unspecified atom stereocenters. The molecule has 2 N–H and O–H groups in total. The van der Waals surface area contributed by atoms with E-state index in [-0.39, 0.29) is 0 Å². The van der Waals surface area contributed by atoms with Gasteiger partial charge in [-0.15, -0.1) is 0 Å². The zero-order valence-corrected chi connectivity index (χ0v) is 10.1. The Balaban J connectivity index is 2.12. The van der Waals surface area contributed by atoms with Crippen molar-refractivity contribution in [2.24, 2.45) is 4.99 Å². The van der Waals surface area contributed by atoms with Crippen LogP contribution in [0.3, 0.4) is 0 Å². The molecule has 0 bridgehead atoms. The number of hydrogen-bond acceptors (Lipinski definition) is 2. The molecule has 1 heterocycles. The van der Waals surface area contributed by atoms with Crippen molar-refractivity contribution >= 4 is 11.7 Å². The Morgan fingerprint density at radius 2 is 1.53 bits per heavy atom. The second kappa shape index (κ2) is 4.33. The lowest BCUT2D eigenvalue weighted by Crippen LogP contribution is -2.45. The lowest BCUT2D eigenvalue weighted by molar-refractivity contribution is 0.0928. The van der Waals surface area contributed by atoms with E-state index >= 15 is 0 Å². The second-order valence-corrected chi connectivity index (χ2v) is 4.33. The molecule has 3 rings (SSSR count). The number of carbonyl (C=O) groups excluding carboxylic acids is 1. The summed E-state index contributed by atoms with van der Waals surface area (Å²) in [4.78, 5) is 15.5. The molecule has 94 valence electrons. The van der Waals surface area contributed by atoms with E-state index in [0.29, 0.717) is 16.8 Å². The van der Waals surface area contributed by atoms with Gasteiger partial charge in [0.2, 0.25) is 5.72 Å². The highest BCUT2D eigenvalue weighted by Crippen LogP contribution is 2.27. The molecule has 0 radical (unpaired) electrons. The minimum absolute atomic E-state index is 0.323. The molecule has 1 aliphatic heterocycles. The van der Waals surface area contributed by atoms with E-state index in [1.807, 2.05) is 36.4 Å². The van der Waals surface area contributed by atoms with Crippen LogP contribution in [0.25, 0.3) is 0 Å². The maximum Gasteiger partial charge on any atom is 0.344 e. The van der Waals surface area contributed by atoms with E-state index in [4.69, 9.17) is 0 Å². The van der Waals surface area contributed by atoms with Crippen LogP contribution in [-0.2, 0) is 5.72 Å². The predicted molar refractivity (Wildman–Crippen MR) is 71.8 cm³/mol. The first-order chi connectivity index (χ1) is 9.20. The number of hydrogen-bond donors (Lipinski definition) is 2. The van der Waals surface area contributed by atoms with Crippen molar-refractivity contribution in [1.29, 1.82) is 0 Å². The lowest BCUT2D eigenvalue weighted by Gasteiger charge is -2.25. The van der Waals surface area contributed by atoms with Gasteiger partial charge in [0, 0.05) is 11.1 Å². The van der Waals surface area contributed by atoms with Gasteiger partial charge >= 0.3 is 6.03 Å². The van der Waals surface area contributed by atoms with E-state index in [2.05, 4.69) is 10.3 Å². The smallest absolute Gasteiger partial charge is 0.344 e. The van der Waals surface area contributed by atoms with Gasteiger partial charge in [-0.05, 0) is 0 Å². The molecule has 0 spiro atoms. The minimum atomic E-state index is -1.57. The standard InChI is InChI=1S/C15H12N2O2/c18-14-16-13(11-7-3-1-4-8-11)15(19,17-14)12-9-5-2-6-10-12/h1-10,19H,(H,17,18). The summed E-state index contributed by atoms with van der Waals surface area (Å²) >= 11 is 0. The van der Waals surface area contributed by atoms with E-state index in [0.717, 1.165) is 0 Å². The third kappa shape index (κ3) is 1.92. The van der Waals surface area contributed by atoms with Gasteiger partial charge in [-0.2, -0.15) is 4.99 Å². The fraction of sp³-hybridized carbons (Fsp3) is 0.0667. The third-order valence-electron chi connectivity index (χ3n) is 3.08. The van der Waals surface area contributed by atoms with Gasteiger partial charge in [-0.25, -0.2) is 4.79 Å². The first-order valence-electron chi connectivity index (χ1n) is 5.95. The molecule has 2 amide bonds. The zero-order chi connectivity index (χ0) is 13.3. The first kappa shape index (κ1) is 11.6. The predicted octanol–water partition coefficient (Wildman–Crippen LogP) is 2.04. The molecule has 19 heavy (non-hydrogen) atoms. The van der Waals surface area contributed by atoms with Crippen LogP contribution in [-0.4, -0.2) is 16.8 Å². The summed E-state index contributed by atoms with van der Waals surface area (Å²) in [5, 5.41) is 13.3. The minimum Gasteiger partial charge on any atom is -0.362 e. The molecule has 2 aromatic rings. The van der Waals surface area contributed by atoms with Crippen molar-refractivity contribution in [3.63, 3.8) is 0 Å². The highest BCUT2D eigenvalue weighted by molar-refractivity contribution is 6.15. The normalized spacial score (nSPS) is 21.9. The molecule has 4 nitrogen and oxygen atoms in total. The lowest BCUT2D eigenvalue weighted by atomic mass is 9.93. The molecule has 0 aromatic heterocycles. The number of nitrogens with zero attached hydrogens (tertiary/aromatic N) is 1. The molecule has 1 aliphatic rings. The summed E-state index contributed by atoms with van der Waals surface area (Å²) in [5.74, 6) is 0. The molecule has 0 aliphatic carbocycles. The van der Waals surface area contributed by atoms with Crippen LogP contribution in [0, 0.1) is 0 Å². The summed E-state index contributed by atoms with van der Waals surface area (Å²) in [6, 6.07) is 17.6.